The fourth-order valence-electron chi connectivity index (χ4n) is 2.53. The monoisotopic (exact) mass is 420 g/mol. The van der Waals surface area contributed by atoms with E-state index >= 15 is 0 Å². The molecule has 0 amide bonds. The van der Waals surface area contributed by atoms with Crippen LogP contribution in [0.25, 0.3) is 0 Å². The number of methoxy groups -OCH3 is 2. The minimum absolute atomic E-state index is 0. The molecule has 22 heavy (non-hydrogen) atoms. The molecule has 1 aliphatic rings. The first-order chi connectivity index (χ1) is 10.2. The molecule has 124 valence electrons. The zero-order valence-electron chi connectivity index (χ0n) is 13.5. The molecule has 6 nitrogen and oxygen atoms in total. The molecule has 1 saturated heterocycles. The van der Waals surface area contributed by atoms with Crippen LogP contribution in [0.3, 0.4) is 0 Å². The molecule has 2 rings (SSSR count). The summed E-state index contributed by atoms with van der Waals surface area (Å²) in [5.74, 6) is 2.45. The van der Waals surface area contributed by atoms with Crippen LogP contribution in [0.2, 0.25) is 0 Å². The van der Waals surface area contributed by atoms with Crippen molar-refractivity contribution in [3.63, 3.8) is 0 Å². The summed E-state index contributed by atoms with van der Waals surface area (Å²) in [6, 6.07) is 6.35. The largest absolute Gasteiger partial charge is 0.497 e. The van der Waals surface area contributed by atoms with Gasteiger partial charge in [-0.3, -0.25) is 4.99 Å². The molecular formula is C15H25IN4O2. The van der Waals surface area contributed by atoms with Crippen LogP contribution in [0, 0.1) is 0 Å². The van der Waals surface area contributed by atoms with E-state index in [4.69, 9.17) is 9.47 Å². The molecule has 0 spiro atoms. The molecule has 1 aromatic carbocycles. The topological polar surface area (TPSA) is 58.1 Å². The number of benzene rings is 1. The second-order valence-corrected chi connectivity index (χ2v) is 4.97. The number of nitrogens with one attached hydrogen (secondary N) is 2. The molecule has 1 heterocycles. The fraction of sp³-hybridized carbons (Fsp3) is 0.533. The number of hydrogen-bond donors (Lipinski definition) is 2. The summed E-state index contributed by atoms with van der Waals surface area (Å²) in [5.41, 5.74) is 1.12. The maximum Gasteiger partial charge on any atom is 0.190 e. The average Bonchev–Trinajstić information content (AvgIpc) is 3.00. The standard InChI is InChI=1S/C15H24N4O2.HI/c1-16-15(17-2)18-11-5-6-19(10-11)12-7-13(20-3)9-14(8-12)21-4;/h7-9,11H,5-6,10H2,1-4H3,(H2,16,17,18);1H. The Morgan fingerprint density at radius 3 is 2.36 bits per heavy atom. The molecule has 1 aliphatic heterocycles. The van der Waals surface area contributed by atoms with Crippen molar-refractivity contribution < 1.29 is 9.47 Å². The van der Waals surface area contributed by atoms with Crippen LogP contribution < -0.4 is 25.0 Å². The second kappa shape index (κ2) is 8.92. The van der Waals surface area contributed by atoms with Gasteiger partial charge in [-0.05, 0) is 6.42 Å². The van der Waals surface area contributed by atoms with Gasteiger partial charge in [0, 0.05) is 57.1 Å². The summed E-state index contributed by atoms with van der Waals surface area (Å²) in [7, 11) is 6.99. The minimum Gasteiger partial charge on any atom is -0.497 e. The average molecular weight is 420 g/mol. The van der Waals surface area contributed by atoms with Crippen molar-refractivity contribution in [2.24, 2.45) is 4.99 Å². The van der Waals surface area contributed by atoms with Crippen molar-refractivity contribution in [2.45, 2.75) is 12.5 Å². The van der Waals surface area contributed by atoms with Gasteiger partial charge in [-0.2, -0.15) is 0 Å². The molecule has 2 N–H and O–H groups in total. The zero-order valence-corrected chi connectivity index (χ0v) is 15.9. The van der Waals surface area contributed by atoms with Crippen molar-refractivity contribution in [1.82, 2.24) is 10.6 Å². The number of hydrogen-bond acceptors (Lipinski definition) is 4. The third-order valence-corrected chi connectivity index (χ3v) is 3.69. The lowest BCUT2D eigenvalue weighted by Gasteiger charge is -2.21. The van der Waals surface area contributed by atoms with Crippen LogP contribution in [0.5, 0.6) is 11.5 Å². The van der Waals surface area contributed by atoms with Crippen LogP contribution in [0.15, 0.2) is 23.2 Å². The van der Waals surface area contributed by atoms with E-state index in [2.05, 4.69) is 20.5 Å². The van der Waals surface area contributed by atoms with Crippen LogP contribution in [-0.4, -0.2) is 53.4 Å². The maximum atomic E-state index is 5.33. The molecule has 0 aliphatic carbocycles. The van der Waals surface area contributed by atoms with E-state index in [1.165, 1.54) is 0 Å². The number of guanidine groups is 1. The van der Waals surface area contributed by atoms with Gasteiger partial charge in [-0.1, -0.05) is 0 Å². The minimum atomic E-state index is 0. The highest BCUT2D eigenvalue weighted by Crippen LogP contribution is 2.30. The van der Waals surface area contributed by atoms with Crippen molar-refractivity contribution in [2.75, 3.05) is 46.3 Å². The first-order valence-electron chi connectivity index (χ1n) is 7.09. The zero-order chi connectivity index (χ0) is 15.2. The highest BCUT2D eigenvalue weighted by atomic mass is 127. The molecule has 1 aromatic rings. The Balaban J connectivity index is 0.00000242. The summed E-state index contributed by atoms with van der Waals surface area (Å²) in [4.78, 5) is 6.48. The molecule has 0 bridgehead atoms. The Hall–Kier alpha value is -1.38. The van der Waals surface area contributed by atoms with Crippen molar-refractivity contribution in [3.8, 4) is 11.5 Å². The van der Waals surface area contributed by atoms with Gasteiger partial charge in [-0.25, -0.2) is 0 Å². The Morgan fingerprint density at radius 2 is 1.86 bits per heavy atom. The normalized spacial score (nSPS) is 17.7. The predicted octanol–water partition coefficient (Wildman–Crippen LogP) is 1.70. The van der Waals surface area contributed by atoms with E-state index in [-0.39, 0.29) is 24.0 Å². The molecule has 0 radical (unpaired) electrons. The first-order valence-corrected chi connectivity index (χ1v) is 7.09. The molecule has 1 unspecified atom stereocenters. The molecular weight excluding hydrogens is 395 g/mol. The van der Waals surface area contributed by atoms with Gasteiger partial charge in [0.15, 0.2) is 5.96 Å². The van der Waals surface area contributed by atoms with Gasteiger partial charge in [0.1, 0.15) is 11.5 Å². The number of nitrogens with zero attached hydrogens (tertiary/aromatic N) is 2. The molecule has 7 heteroatoms. The van der Waals surface area contributed by atoms with E-state index < -0.39 is 0 Å². The number of ether oxygens (including phenoxy) is 2. The Bertz CT molecular complexity index is 488. The quantitative estimate of drug-likeness (QED) is 0.441. The fourth-order valence-corrected chi connectivity index (χ4v) is 2.53. The lowest BCUT2D eigenvalue weighted by molar-refractivity contribution is 0.394. The molecule has 0 saturated carbocycles. The van der Waals surface area contributed by atoms with Gasteiger partial charge in [0.25, 0.3) is 0 Å². The van der Waals surface area contributed by atoms with Crippen LogP contribution in [0.4, 0.5) is 5.69 Å². The van der Waals surface area contributed by atoms with Gasteiger partial charge < -0.3 is 25.0 Å². The van der Waals surface area contributed by atoms with E-state index in [9.17, 15) is 0 Å². The van der Waals surface area contributed by atoms with Gasteiger partial charge in [0.2, 0.25) is 0 Å². The number of halogens is 1. The highest BCUT2D eigenvalue weighted by Gasteiger charge is 2.24. The summed E-state index contributed by atoms with van der Waals surface area (Å²) >= 11 is 0. The number of aliphatic imine (C=N–C) groups is 1. The van der Waals surface area contributed by atoms with Gasteiger partial charge in [-0.15, -0.1) is 24.0 Å². The Labute approximate surface area is 149 Å². The van der Waals surface area contributed by atoms with Crippen LogP contribution in [-0.2, 0) is 0 Å². The van der Waals surface area contributed by atoms with Crippen LogP contribution in [0.1, 0.15) is 6.42 Å². The predicted molar refractivity (Wildman–Crippen MR) is 101 cm³/mol. The second-order valence-electron chi connectivity index (χ2n) is 4.97. The number of anilines is 1. The van der Waals surface area contributed by atoms with E-state index in [0.29, 0.717) is 6.04 Å². The van der Waals surface area contributed by atoms with Gasteiger partial charge >= 0.3 is 0 Å². The summed E-state index contributed by atoms with van der Waals surface area (Å²) in [6.07, 6.45) is 1.07. The molecule has 1 atom stereocenters. The Kier molecular flexibility index (Phi) is 7.57. The van der Waals surface area contributed by atoms with Crippen LogP contribution >= 0.6 is 24.0 Å². The molecule has 1 fully saturated rings. The molecule has 0 aromatic heterocycles. The summed E-state index contributed by atoms with van der Waals surface area (Å²) in [6.45, 7) is 1.92. The number of rotatable bonds is 4. The smallest absolute Gasteiger partial charge is 0.190 e. The first kappa shape index (κ1) is 18.7. The van der Waals surface area contributed by atoms with E-state index in [1.54, 1.807) is 21.3 Å². The van der Waals surface area contributed by atoms with Gasteiger partial charge in [0.05, 0.1) is 14.2 Å². The van der Waals surface area contributed by atoms with Crippen molar-refractivity contribution in [3.05, 3.63) is 18.2 Å². The SMILES string of the molecule is CN=C(NC)NC1CCN(c2cc(OC)cc(OC)c2)C1.I. The summed E-state index contributed by atoms with van der Waals surface area (Å²) in [5, 5.41) is 6.46. The highest BCUT2D eigenvalue weighted by molar-refractivity contribution is 14.0. The lowest BCUT2D eigenvalue weighted by atomic mass is 10.2. The third-order valence-electron chi connectivity index (χ3n) is 3.69. The van der Waals surface area contributed by atoms with E-state index in [1.807, 2.05) is 25.2 Å². The lowest BCUT2D eigenvalue weighted by Crippen LogP contribution is -2.43. The van der Waals surface area contributed by atoms with Crippen molar-refractivity contribution >= 4 is 35.6 Å². The Morgan fingerprint density at radius 1 is 1.23 bits per heavy atom. The van der Waals surface area contributed by atoms with Crippen molar-refractivity contribution in [1.29, 1.82) is 0 Å². The maximum absolute atomic E-state index is 5.33. The third kappa shape index (κ3) is 4.56. The van der Waals surface area contributed by atoms with E-state index in [0.717, 1.165) is 42.7 Å². The summed E-state index contributed by atoms with van der Waals surface area (Å²) < 4.78 is 10.7.